The number of aliphatic hydroxyl groups is 1. The van der Waals surface area contributed by atoms with Crippen LogP contribution in [-0.4, -0.2) is 39.7 Å². The van der Waals surface area contributed by atoms with Crippen molar-refractivity contribution in [1.29, 1.82) is 0 Å². The minimum atomic E-state index is -1.13. The summed E-state index contributed by atoms with van der Waals surface area (Å²) in [6.45, 7) is 5.07. The fourth-order valence-electron chi connectivity index (χ4n) is 4.82. The lowest BCUT2D eigenvalue weighted by atomic mass is 9.95. The van der Waals surface area contributed by atoms with E-state index in [9.17, 15) is 9.90 Å². The summed E-state index contributed by atoms with van der Waals surface area (Å²) in [6.07, 6.45) is 0.699. The Hall–Kier alpha value is -2.45. The van der Waals surface area contributed by atoms with Crippen molar-refractivity contribution in [2.45, 2.75) is 51.2 Å². The van der Waals surface area contributed by atoms with Gasteiger partial charge in [0.05, 0.1) is 10.7 Å². The van der Waals surface area contributed by atoms with Crippen molar-refractivity contribution in [2.24, 2.45) is 5.16 Å². The van der Waals surface area contributed by atoms with Crippen LogP contribution in [0.25, 0.3) is 0 Å². The van der Waals surface area contributed by atoms with Gasteiger partial charge in [-0.2, -0.15) is 0 Å². The number of likely N-dealkylation sites (tertiary alicyclic amines) is 1. The molecule has 6 nitrogen and oxygen atoms in total. The Kier molecular flexibility index (Phi) is 7.35. The standard InChI is InChI=1S/C27H27Cl2N3O3S/c1-15-6-7-16(2)18(12-15)25(33)27(34)32-10-8-17(9-11-32)26-30-22(14-36-26)21-13-23(35-31-21)24-19(28)4-3-5-20(24)29/h3-7,12,14,17,23,25,33H,8-11,13H2,1-2H3/t23-,25?/m1/s1. The van der Waals surface area contributed by atoms with Gasteiger partial charge in [-0.3, -0.25) is 4.79 Å². The van der Waals surface area contributed by atoms with Crippen LogP contribution in [0, 0.1) is 13.8 Å². The topological polar surface area (TPSA) is 75.0 Å². The highest BCUT2D eigenvalue weighted by molar-refractivity contribution is 7.10. The number of piperidine rings is 1. The number of amides is 1. The zero-order valence-electron chi connectivity index (χ0n) is 20.1. The minimum absolute atomic E-state index is 0.233. The van der Waals surface area contributed by atoms with E-state index in [4.69, 9.17) is 33.0 Å². The number of aliphatic hydroxyl groups excluding tert-OH is 1. The van der Waals surface area contributed by atoms with Gasteiger partial charge in [0.25, 0.3) is 5.91 Å². The average Bonchev–Trinajstić information content (AvgIpc) is 3.55. The second-order valence-electron chi connectivity index (χ2n) is 9.40. The van der Waals surface area contributed by atoms with Crippen LogP contribution in [0.4, 0.5) is 0 Å². The molecule has 0 bridgehead atoms. The van der Waals surface area contributed by atoms with E-state index >= 15 is 0 Å². The van der Waals surface area contributed by atoms with Crippen LogP contribution in [0.2, 0.25) is 10.0 Å². The van der Waals surface area contributed by atoms with Crippen molar-refractivity contribution in [1.82, 2.24) is 9.88 Å². The van der Waals surface area contributed by atoms with Gasteiger partial charge in [-0.1, -0.05) is 58.2 Å². The molecule has 3 aromatic rings. The van der Waals surface area contributed by atoms with Gasteiger partial charge < -0.3 is 14.8 Å². The first kappa shape index (κ1) is 25.2. The summed E-state index contributed by atoms with van der Waals surface area (Å²) >= 11 is 14.3. The molecular weight excluding hydrogens is 517 g/mol. The van der Waals surface area contributed by atoms with Crippen molar-refractivity contribution in [2.75, 3.05) is 13.1 Å². The number of nitrogens with zero attached hydrogens (tertiary/aromatic N) is 3. The van der Waals surface area contributed by atoms with Crippen LogP contribution >= 0.6 is 34.5 Å². The van der Waals surface area contributed by atoms with E-state index in [1.54, 1.807) is 34.4 Å². The number of carbonyl (C=O) groups excluding carboxylic acids is 1. The molecule has 1 aromatic heterocycles. The third-order valence-corrected chi connectivity index (χ3v) is 8.59. The van der Waals surface area contributed by atoms with E-state index < -0.39 is 6.10 Å². The van der Waals surface area contributed by atoms with Crippen LogP contribution in [0.15, 0.2) is 46.9 Å². The quantitative estimate of drug-likeness (QED) is 0.405. The number of hydrogen-bond acceptors (Lipinski definition) is 6. The molecule has 36 heavy (non-hydrogen) atoms. The maximum Gasteiger partial charge on any atom is 0.256 e. The normalized spacial score (nSPS) is 19.2. The van der Waals surface area contributed by atoms with Crippen molar-refractivity contribution in [3.05, 3.63) is 84.8 Å². The molecular formula is C27H27Cl2N3O3S. The number of hydrogen-bond donors (Lipinski definition) is 1. The van der Waals surface area contributed by atoms with Crippen LogP contribution in [-0.2, 0) is 9.63 Å². The first-order valence-corrected chi connectivity index (χ1v) is 13.6. The van der Waals surface area contributed by atoms with Crippen LogP contribution in [0.1, 0.15) is 70.3 Å². The number of aryl methyl sites for hydroxylation is 2. The molecule has 2 atom stereocenters. The molecule has 5 rings (SSSR count). The maximum atomic E-state index is 13.0. The fraction of sp³-hybridized carbons (Fsp3) is 0.370. The van der Waals surface area contributed by atoms with Crippen molar-refractivity contribution >= 4 is 46.2 Å². The Morgan fingerprint density at radius 3 is 2.61 bits per heavy atom. The smallest absolute Gasteiger partial charge is 0.256 e. The highest BCUT2D eigenvalue weighted by atomic mass is 35.5. The van der Waals surface area contributed by atoms with E-state index in [-0.39, 0.29) is 17.9 Å². The molecule has 1 N–H and O–H groups in total. The summed E-state index contributed by atoms with van der Waals surface area (Å²) in [7, 11) is 0. The minimum Gasteiger partial charge on any atom is -0.387 e. The number of rotatable bonds is 5. The van der Waals surface area contributed by atoms with Gasteiger partial charge in [0, 0.05) is 46.4 Å². The van der Waals surface area contributed by atoms with Crippen LogP contribution in [0.3, 0.4) is 0 Å². The number of oxime groups is 1. The average molecular weight is 545 g/mol. The Balaban J connectivity index is 1.20. The maximum absolute atomic E-state index is 13.0. The van der Waals surface area contributed by atoms with E-state index in [2.05, 4.69) is 5.16 Å². The monoisotopic (exact) mass is 543 g/mol. The summed E-state index contributed by atoms with van der Waals surface area (Å²) in [5.41, 5.74) is 4.97. The lowest BCUT2D eigenvalue weighted by Gasteiger charge is -2.32. The highest BCUT2D eigenvalue weighted by Crippen LogP contribution is 2.39. The van der Waals surface area contributed by atoms with E-state index in [0.717, 1.165) is 45.9 Å². The first-order valence-electron chi connectivity index (χ1n) is 12.0. The molecule has 2 aliphatic rings. The fourth-order valence-corrected chi connectivity index (χ4v) is 6.46. The first-order chi connectivity index (χ1) is 17.3. The molecule has 1 amide bonds. The summed E-state index contributed by atoms with van der Waals surface area (Å²) in [4.78, 5) is 25.3. The summed E-state index contributed by atoms with van der Waals surface area (Å²) in [5.74, 6) is 0.0334. The third kappa shape index (κ3) is 5.02. The van der Waals surface area contributed by atoms with Crippen molar-refractivity contribution in [3.8, 4) is 0 Å². The third-order valence-electron chi connectivity index (χ3n) is 6.93. The molecule has 188 valence electrons. The number of halogens is 2. The molecule has 9 heteroatoms. The Morgan fingerprint density at radius 2 is 1.89 bits per heavy atom. The van der Waals surface area contributed by atoms with Crippen LogP contribution < -0.4 is 0 Å². The molecule has 0 radical (unpaired) electrons. The summed E-state index contributed by atoms with van der Waals surface area (Å²) in [5, 5.41) is 19.2. The number of carbonyl (C=O) groups is 1. The molecule has 0 saturated carbocycles. The Morgan fingerprint density at radius 1 is 1.17 bits per heavy atom. The number of thiazole rings is 1. The second kappa shape index (κ2) is 10.5. The lowest BCUT2D eigenvalue weighted by Crippen LogP contribution is -2.40. The van der Waals surface area contributed by atoms with E-state index in [1.165, 1.54) is 0 Å². The molecule has 2 aliphatic heterocycles. The predicted molar refractivity (Wildman–Crippen MR) is 143 cm³/mol. The van der Waals surface area contributed by atoms with Gasteiger partial charge in [-0.25, -0.2) is 4.98 Å². The molecule has 0 aliphatic carbocycles. The zero-order chi connectivity index (χ0) is 25.4. The lowest BCUT2D eigenvalue weighted by molar-refractivity contribution is -0.141. The molecule has 0 spiro atoms. The molecule has 1 unspecified atom stereocenters. The molecule has 3 heterocycles. The van der Waals surface area contributed by atoms with E-state index in [0.29, 0.717) is 35.1 Å². The summed E-state index contributed by atoms with van der Waals surface area (Å²) < 4.78 is 0. The van der Waals surface area contributed by atoms with E-state index in [1.807, 2.05) is 37.4 Å². The predicted octanol–water partition coefficient (Wildman–Crippen LogP) is 6.37. The largest absolute Gasteiger partial charge is 0.387 e. The number of benzene rings is 2. The van der Waals surface area contributed by atoms with Gasteiger partial charge in [0.15, 0.2) is 12.2 Å². The zero-order valence-corrected chi connectivity index (χ0v) is 22.4. The molecule has 1 fully saturated rings. The van der Waals surface area contributed by atoms with Gasteiger partial charge in [-0.05, 0) is 49.9 Å². The van der Waals surface area contributed by atoms with Gasteiger partial charge in [0.2, 0.25) is 0 Å². The highest BCUT2D eigenvalue weighted by Gasteiger charge is 2.32. The van der Waals surface area contributed by atoms with Gasteiger partial charge in [-0.15, -0.1) is 11.3 Å². The second-order valence-corrected chi connectivity index (χ2v) is 11.1. The summed E-state index contributed by atoms with van der Waals surface area (Å²) in [6, 6.07) is 11.2. The van der Waals surface area contributed by atoms with Crippen molar-refractivity contribution in [3.63, 3.8) is 0 Å². The van der Waals surface area contributed by atoms with Crippen LogP contribution in [0.5, 0.6) is 0 Å². The molecule has 2 aromatic carbocycles. The Labute approximate surface area is 224 Å². The number of aromatic nitrogens is 1. The Bertz CT molecular complexity index is 1300. The van der Waals surface area contributed by atoms with Gasteiger partial charge >= 0.3 is 0 Å². The SMILES string of the molecule is Cc1ccc(C)c(C(O)C(=O)N2CCC(c3nc(C4=NO[C@@H](c5c(Cl)cccc5Cl)C4)cs3)CC2)c1. The molecule has 1 saturated heterocycles. The van der Waals surface area contributed by atoms with Gasteiger partial charge in [0.1, 0.15) is 5.71 Å². The van der Waals surface area contributed by atoms with Crippen molar-refractivity contribution < 1.29 is 14.7 Å².